The van der Waals surface area contributed by atoms with Gasteiger partial charge in [0.2, 0.25) is 0 Å². The van der Waals surface area contributed by atoms with Gasteiger partial charge in [-0.3, -0.25) is 0 Å². The Kier molecular flexibility index (Phi) is 6.25. The summed E-state index contributed by atoms with van der Waals surface area (Å²) in [4.78, 5) is 2.33. The molecule has 0 aliphatic carbocycles. The fourth-order valence-electron chi connectivity index (χ4n) is 2.40. The van der Waals surface area contributed by atoms with Gasteiger partial charge in [0.05, 0.1) is 0 Å². The van der Waals surface area contributed by atoms with Crippen LogP contribution in [0.5, 0.6) is 0 Å². The minimum atomic E-state index is 0.456. The average molecular weight is 403 g/mol. The smallest absolute Gasteiger partial charge is 0.0459 e. The predicted molar refractivity (Wildman–Crippen MR) is 105 cm³/mol. The second-order valence-corrected chi connectivity index (χ2v) is 6.53. The van der Waals surface area contributed by atoms with E-state index in [0.717, 1.165) is 6.42 Å². The molecular formula is C20H22IN. The summed E-state index contributed by atoms with van der Waals surface area (Å²) in [5, 5.41) is 0. The largest absolute Gasteiger partial charge is 0.314 e. The Balaban J connectivity index is 2.56. The second-order valence-electron chi connectivity index (χ2n) is 5.28. The van der Waals surface area contributed by atoms with Gasteiger partial charge in [0, 0.05) is 20.6 Å². The van der Waals surface area contributed by atoms with E-state index in [4.69, 9.17) is 0 Å². The van der Waals surface area contributed by atoms with Gasteiger partial charge in [0.25, 0.3) is 0 Å². The molecule has 0 aliphatic rings. The Morgan fingerprint density at radius 2 is 1.68 bits per heavy atom. The molecule has 22 heavy (non-hydrogen) atoms. The Morgan fingerprint density at radius 1 is 1.09 bits per heavy atom. The van der Waals surface area contributed by atoms with Gasteiger partial charge in [-0.2, -0.15) is 0 Å². The molecule has 2 aromatic rings. The molecule has 0 saturated carbocycles. The molecular weight excluding hydrogens is 381 g/mol. The van der Waals surface area contributed by atoms with E-state index in [9.17, 15) is 0 Å². The highest BCUT2D eigenvalue weighted by molar-refractivity contribution is 14.1. The van der Waals surface area contributed by atoms with Gasteiger partial charge in [-0.15, -0.1) is 0 Å². The van der Waals surface area contributed by atoms with E-state index in [-0.39, 0.29) is 0 Å². The van der Waals surface area contributed by atoms with Crippen LogP contribution >= 0.6 is 22.6 Å². The fourth-order valence-corrected chi connectivity index (χ4v) is 2.76. The number of hydrogen-bond acceptors (Lipinski definition) is 1. The molecule has 2 rings (SSSR count). The molecule has 114 valence electrons. The molecule has 0 bridgehead atoms. The number of para-hydroxylation sites is 1. The Labute approximate surface area is 147 Å². The maximum atomic E-state index is 3.90. The number of rotatable bonds is 6. The molecule has 1 unspecified atom stereocenters. The lowest BCUT2D eigenvalue weighted by atomic mass is 10.0. The minimum Gasteiger partial charge on any atom is -0.314 e. The summed E-state index contributed by atoms with van der Waals surface area (Å²) in [5.41, 5.74) is 3.63. The number of halogens is 1. The van der Waals surface area contributed by atoms with Gasteiger partial charge in [-0.05, 0) is 77.4 Å². The molecule has 0 radical (unpaired) electrons. The first-order chi connectivity index (χ1) is 10.7. The summed E-state index contributed by atoms with van der Waals surface area (Å²) < 4.78 is 1.24. The third-order valence-corrected chi connectivity index (χ3v) is 4.48. The van der Waals surface area contributed by atoms with E-state index in [1.807, 2.05) is 6.08 Å². The number of nitrogens with zero attached hydrogens (tertiary/aromatic N) is 1. The van der Waals surface area contributed by atoms with Gasteiger partial charge in [-0.25, -0.2) is 0 Å². The Morgan fingerprint density at radius 3 is 2.23 bits per heavy atom. The SMILES string of the molecule is C=C/C=C(\C(C)CC)N(c1ccccc1)c1ccc(I)cc1. The van der Waals surface area contributed by atoms with Crippen molar-refractivity contribution in [3.05, 3.63) is 82.6 Å². The molecule has 0 spiro atoms. The van der Waals surface area contributed by atoms with Crippen LogP contribution in [0.25, 0.3) is 0 Å². The van der Waals surface area contributed by atoms with Crippen LogP contribution in [0, 0.1) is 9.49 Å². The van der Waals surface area contributed by atoms with Crippen LogP contribution < -0.4 is 4.90 Å². The van der Waals surface area contributed by atoms with E-state index in [0.29, 0.717) is 5.92 Å². The Hall–Kier alpha value is -1.55. The van der Waals surface area contributed by atoms with E-state index in [2.05, 4.69) is 109 Å². The molecule has 0 heterocycles. The number of hydrogen-bond donors (Lipinski definition) is 0. The van der Waals surface area contributed by atoms with Gasteiger partial charge in [0.1, 0.15) is 0 Å². The predicted octanol–water partition coefficient (Wildman–Crippen LogP) is 6.55. The monoisotopic (exact) mass is 403 g/mol. The van der Waals surface area contributed by atoms with Crippen molar-refractivity contribution in [3.63, 3.8) is 0 Å². The standard InChI is InChI=1S/C20H22IN/c1-4-9-20(16(3)5-2)22(18-10-7-6-8-11-18)19-14-12-17(21)13-15-19/h4,6-16H,1,5H2,2-3H3/b20-9+. The summed E-state index contributed by atoms with van der Waals surface area (Å²) in [7, 11) is 0. The van der Waals surface area contributed by atoms with Crippen LogP contribution in [0.1, 0.15) is 20.3 Å². The summed E-state index contributed by atoms with van der Waals surface area (Å²) >= 11 is 2.34. The zero-order chi connectivity index (χ0) is 15.9. The summed E-state index contributed by atoms with van der Waals surface area (Å²) in [5.74, 6) is 0.456. The highest BCUT2D eigenvalue weighted by atomic mass is 127. The molecule has 1 atom stereocenters. The first-order valence-corrected chi connectivity index (χ1v) is 8.68. The van der Waals surface area contributed by atoms with Crippen molar-refractivity contribution in [1.82, 2.24) is 0 Å². The summed E-state index contributed by atoms with van der Waals surface area (Å²) in [6, 6.07) is 19.2. The van der Waals surface area contributed by atoms with Crippen LogP contribution in [-0.2, 0) is 0 Å². The molecule has 0 aromatic heterocycles. The van der Waals surface area contributed by atoms with Crippen LogP contribution in [0.15, 0.2) is 79.0 Å². The molecule has 0 aliphatic heterocycles. The van der Waals surface area contributed by atoms with Crippen molar-refractivity contribution >= 4 is 34.0 Å². The zero-order valence-corrected chi connectivity index (χ0v) is 15.3. The van der Waals surface area contributed by atoms with E-state index >= 15 is 0 Å². The van der Waals surface area contributed by atoms with Crippen molar-refractivity contribution in [2.75, 3.05) is 4.90 Å². The number of allylic oxidation sites excluding steroid dienone is 3. The number of anilines is 2. The lowest BCUT2D eigenvalue weighted by molar-refractivity contribution is 0.642. The molecule has 0 saturated heterocycles. The maximum Gasteiger partial charge on any atom is 0.0459 e. The van der Waals surface area contributed by atoms with Crippen molar-refractivity contribution in [2.45, 2.75) is 20.3 Å². The van der Waals surface area contributed by atoms with Crippen molar-refractivity contribution < 1.29 is 0 Å². The quantitative estimate of drug-likeness (QED) is 0.391. The first-order valence-electron chi connectivity index (χ1n) is 7.60. The summed E-state index contributed by atoms with van der Waals surface area (Å²) in [6.07, 6.45) is 5.09. The molecule has 0 amide bonds. The van der Waals surface area contributed by atoms with Crippen LogP contribution in [0.2, 0.25) is 0 Å². The van der Waals surface area contributed by atoms with Crippen LogP contribution in [0.4, 0.5) is 11.4 Å². The second kappa shape index (κ2) is 8.18. The van der Waals surface area contributed by atoms with E-state index < -0.39 is 0 Å². The van der Waals surface area contributed by atoms with Crippen LogP contribution in [0.3, 0.4) is 0 Å². The first kappa shape index (κ1) is 16.8. The zero-order valence-electron chi connectivity index (χ0n) is 13.2. The maximum absolute atomic E-state index is 3.90. The highest BCUT2D eigenvalue weighted by Crippen LogP contribution is 2.34. The fraction of sp³-hybridized carbons (Fsp3) is 0.200. The average Bonchev–Trinajstić information content (AvgIpc) is 2.56. The summed E-state index contributed by atoms with van der Waals surface area (Å²) in [6.45, 7) is 8.38. The molecule has 0 N–H and O–H groups in total. The minimum absolute atomic E-state index is 0.456. The number of benzene rings is 2. The van der Waals surface area contributed by atoms with Crippen molar-refractivity contribution in [2.24, 2.45) is 5.92 Å². The van der Waals surface area contributed by atoms with Crippen molar-refractivity contribution in [3.8, 4) is 0 Å². The van der Waals surface area contributed by atoms with Crippen molar-refractivity contribution in [1.29, 1.82) is 0 Å². The molecule has 0 fully saturated rings. The molecule has 2 aromatic carbocycles. The lowest BCUT2D eigenvalue weighted by Gasteiger charge is -2.31. The van der Waals surface area contributed by atoms with Gasteiger partial charge in [-0.1, -0.05) is 44.7 Å². The van der Waals surface area contributed by atoms with E-state index in [1.165, 1.54) is 20.6 Å². The van der Waals surface area contributed by atoms with Gasteiger partial charge >= 0.3 is 0 Å². The lowest BCUT2D eigenvalue weighted by Crippen LogP contribution is -2.21. The molecule has 2 heteroatoms. The normalized spacial score (nSPS) is 12.8. The van der Waals surface area contributed by atoms with Gasteiger partial charge < -0.3 is 4.90 Å². The molecule has 1 nitrogen and oxygen atoms in total. The Bertz CT molecular complexity index is 629. The topological polar surface area (TPSA) is 3.24 Å². The third-order valence-electron chi connectivity index (χ3n) is 3.76. The van der Waals surface area contributed by atoms with E-state index in [1.54, 1.807) is 0 Å². The highest BCUT2D eigenvalue weighted by Gasteiger charge is 2.18. The van der Waals surface area contributed by atoms with Gasteiger partial charge in [0.15, 0.2) is 0 Å². The third kappa shape index (κ3) is 4.01. The van der Waals surface area contributed by atoms with Crippen LogP contribution in [-0.4, -0.2) is 0 Å².